The van der Waals surface area contributed by atoms with Crippen LogP contribution in [-0.2, 0) is 9.59 Å². The smallest absolute Gasteiger partial charge is 0.315 e. The van der Waals surface area contributed by atoms with Gasteiger partial charge in [0.25, 0.3) is 0 Å². The maximum absolute atomic E-state index is 11.5. The van der Waals surface area contributed by atoms with Gasteiger partial charge in [0.15, 0.2) is 0 Å². The zero-order valence-corrected chi connectivity index (χ0v) is 11.4. The first-order chi connectivity index (χ1) is 8.84. The van der Waals surface area contributed by atoms with Gasteiger partial charge >= 0.3 is 12.0 Å². The summed E-state index contributed by atoms with van der Waals surface area (Å²) in [7, 11) is 0. The molecule has 7 nitrogen and oxygen atoms in total. The molecule has 0 aliphatic rings. The number of rotatable bonds is 9. The van der Waals surface area contributed by atoms with Gasteiger partial charge in [-0.1, -0.05) is 20.3 Å². The minimum Gasteiger partial charge on any atom is -0.481 e. The Bertz CT molecular complexity index is 318. The molecule has 3 amide bonds. The topological polar surface area (TPSA) is 122 Å². The normalized spacial score (nSPS) is 11.9. The zero-order chi connectivity index (χ0) is 14.8. The summed E-state index contributed by atoms with van der Waals surface area (Å²) >= 11 is 0. The van der Waals surface area contributed by atoms with Gasteiger partial charge in [0.05, 0.1) is 0 Å². The molecule has 0 aromatic heterocycles. The number of carbonyl (C=O) groups excluding carboxylic acids is 2. The van der Waals surface area contributed by atoms with E-state index in [1.807, 2.05) is 0 Å². The van der Waals surface area contributed by atoms with Gasteiger partial charge in [-0.05, 0) is 18.8 Å². The van der Waals surface area contributed by atoms with E-state index in [9.17, 15) is 14.4 Å². The lowest BCUT2D eigenvalue weighted by Gasteiger charge is -2.19. The minimum absolute atomic E-state index is 0.0705. The summed E-state index contributed by atoms with van der Waals surface area (Å²) in [6, 6.07) is -1.12. The molecule has 0 aromatic rings. The quantitative estimate of drug-likeness (QED) is 0.455. The van der Waals surface area contributed by atoms with Crippen molar-refractivity contribution in [2.45, 2.75) is 45.6 Å². The number of primary amides is 1. The molecule has 0 saturated carbocycles. The van der Waals surface area contributed by atoms with Gasteiger partial charge in [-0.25, -0.2) is 4.79 Å². The van der Waals surface area contributed by atoms with E-state index in [-0.39, 0.29) is 12.3 Å². The lowest BCUT2D eigenvalue weighted by molar-refractivity contribution is -0.137. The van der Waals surface area contributed by atoms with Crippen LogP contribution < -0.4 is 16.4 Å². The van der Waals surface area contributed by atoms with Crippen LogP contribution in [0.15, 0.2) is 0 Å². The fourth-order valence-electron chi connectivity index (χ4n) is 1.54. The maximum Gasteiger partial charge on any atom is 0.315 e. The first-order valence-corrected chi connectivity index (χ1v) is 6.40. The van der Waals surface area contributed by atoms with Crippen LogP contribution in [0.3, 0.4) is 0 Å². The van der Waals surface area contributed by atoms with Gasteiger partial charge in [0.1, 0.15) is 6.04 Å². The molecule has 0 rings (SSSR count). The first kappa shape index (κ1) is 17.2. The molecule has 0 saturated heterocycles. The molecule has 0 aliphatic heterocycles. The summed E-state index contributed by atoms with van der Waals surface area (Å²) in [5, 5.41) is 13.5. The SMILES string of the molecule is CC(C)C(NC(=O)NCCCCCC(=O)O)C(N)=O. The standard InChI is InChI=1S/C12H23N3O4/c1-8(2)10(11(13)18)15-12(19)14-7-5-3-4-6-9(16)17/h8,10H,3-7H2,1-2H3,(H2,13,18)(H,16,17)(H2,14,15,19). The van der Waals surface area contributed by atoms with Gasteiger partial charge in [-0.3, -0.25) is 9.59 Å². The van der Waals surface area contributed by atoms with E-state index in [0.29, 0.717) is 19.4 Å². The molecule has 110 valence electrons. The van der Waals surface area contributed by atoms with Crippen LogP contribution in [0.4, 0.5) is 4.79 Å². The van der Waals surface area contributed by atoms with Gasteiger partial charge in [0, 0.05) is 13.0 Å². The second-order valence-corrected chi connectivity index (χ2v) is 4.73. The summed E-state index contributed by atoms with van der Waals surface area (Å²) in [6.07, 6.45) is 2.16. The Morgan fingerprint density at radius 1 is 1.16 bits per heavy atom. The molecule has 0 aliphatic carbocycles. The third-order valence-electron chi connectivity index (χ3n) is 2.61. The fourth-order valence-corrected chi connectivity index (χ4v) is 1.54. The van der Waals surface area contributed by atoms with Crippen molar-refractivity contribution in [3.8, 4) is 0 Å². The van der Waals surface area contributed by atoms with E-state index in [1.165, 1.54) is 0 Å². The van der Waals surface area contributed by atoms with E-state index >= 15 is 0 Å². The molecule has 0 aromatic carbocycles. The summed E-state index contributed by atoms with van der Waals surface area (Å²) < 4.78 is 0. The van der Waals surface area contributed by atoms with Crippen molar-refractivity contribution in [1.82, 2.24) is 10.6 Å². The number of hydrogen-bond donors (Lipinski definition) is 4. The number of carbonyl (C=O) groups is 3. The number of nitrogens with one attached hydrogen (secondary N) is 2. The molecule has 0 bridgehead atoms. The van der Waals surface area contributed by atoms with E-state index in [4.69, 9.17) is 10.8 Å². The summed E-state index contributed by atoms with van der Waals surface area (Å²) in [5.41, 5.74) is 5.17. The number of amides is 3. The molecular formula is C12H23N3O4. The molecule has 5 N–H and O–H groups in total. The van der Waals surface area contributed by atoms with Crippen molar-refractivity contribution >= 4 is 17.9 Å². The monoisotopic (exact) mass is 273 g/mol. The molecule has 7 heteroatoms. The summed E-state index contributed by atoms with van der Waals surface area (Å²) in [6.45, 7) is 4.03. The van der Waals surface area contributed by atoms with Crippen molar-refractivity contribution < 1.29 is 19.5 Å². The number of aliphatic carboxylic acids is 1. The van der Waals surface area contributed by atoms with Crippen molar-refractivity contribution in [1.29, 1.82) is 0 Å². The number of hydrogen-bond acceptors (Lipinski definition) is 3. The number of urea groups is 1. The number of nitrogens with two attached hydrogens (primary N) is 1. The third-order valence-corrected chi connectivity index (χ3v) is 2.61. The Balaban J connectivity index is 3.74. The highest BCUT2D eigenvalue weighted by Crippen LogP contribution is 2.01. The highest BCUT2D eigenvalue weighted by molar-refractivity contribution is 5.86. The summed E-state index contributed by atoms with van der Waals surface area (Å²) in [5.74, 6) is -1.45. The molecule has 1 atom stereocenters. The highest BCUT2D eigenvalue weighted by atomic mass is 16.4. The average molecular weight is 273 g/mol. The van der Waals surface area contributed by atoms with Crippen LogP contribution >= 0.6 is 0 Å². The van der Waals surface area contributed by atoms with Crippen molar-refractivity contribution in [3.05, 3.63) is 0 Å². The Morgan fingerprint density at radius 2 is 1.79 bits per heavy atom. The van der Waals surface area contributed by atoms with Gasteiger partial charge in [-0.2, -0.15) is 0 Å². The molecular weight excluding hydrogens is 250 g/mol. The first-order valence-electron chi connectivity index (χ1n) is 6.40. The lowest BCUT2D eigenvalue weighted by atomic mass is 10.0. The van der Waals surface area contributed by atoms with Crippen LogP contribution in [0.1, 0.15) is 39.5 Å². The largest absolute Gasteiger partial charge is 0.481 e. The fraction of sp³-hybridized carbons (Fsp3) is 0.750. The molecule has 0 heterocycles. The molecule has 0 spiro atoms. The summed E-state index contributed by atoms with van der Waals surface area (Å²) in [4.78, 5) is 32.8. The molecule has 0 fully saturated rings. The van der Waals surface area contributed by atoms with Crippen molar-refractivity contribution in [2.75, 3.05) is 6.54 Å². The van der Waals surface area contributed by atoms with Gasteiger partial charge in [-0.15, -0.1) is 0 Å². The minimum atomic E-state index is -0.813. The number of unbranched alkanes of at least 4 members (excludes halogenated alkanes) is 2. The predicted octanol–water partition coefficient (Wildman–Crippen LogP) is 0.441. The van der Waals surface area contributed by atoms with Crippen LogP contribution in [0.5, 0.6) is 0 Å². The molecule has 19 heavy (non-hydrogen) atoms. The van der Waals surface area contributed by atoms with Crippen molar-refractivity contribution in [2.24, 2.45) is 11.7 Å². The Kier molecular flexibility index (Phi) is 8.32. The van der Waals surface area contributed by atoms with Crippen LogP contribution in [0.2, 0.25) is 0 Å². The van der Waals surface area contributed by atoms with Crippen LogP contribution in [0.25, 0.3) is 0 Å². The highest BCUT2D eigenvalue weighted by Gasteiger charge is 2.21. The van der Waals surface area contributed by atoms with Gasteiger partial charge < -0.3 is 21.5 Å². The van der Waals surface area contributed by atoms with Crippen LogP contribution in [-0.4, -0.2) is 35.6 Å². The average Bonchev–Trinajstić information content (AvgIpc) is 2.29. The molecule has 1 unspecified atom stereocenters. The van der Waals surface area contributed by atoms with Crippen molar-refractivity contribution in [3.63, 3.8) is 0 Å². The van der Waals surface area contributed by atoms with Gasteiger partial charge in [0.2, 0.25) is 5.91 Å². The Morgan fingerprint density at radius 3 is 2.26 bits per heavy atom. The Hall–Kier alpha value is -1.79. The number of carboxylic acids is 1. The predicted molar refractivity (Wildman–Crippen MR) is 70.5 cm³/mol. The Labute approximate surface area is 112 Å². The number of carboxylic acid groups (broad SMARTS) is 1. The zero-order valence-electron chi connectivity index (χ0n) is 11.4. The van der Waals surface area contributed by atoms with Crippen LogP contribution in [0, 0.1) is 5.92 Å². The maximum atomic E-state index is 11.5. The van der Waals surface area contributed by atoms with E-state index < -0.39 is 23.9 Å². The third kappa shape index (κ3) is 8.87. The molecule has 0 radical (unpaired) electrons. The second-order valence-electron chi connectivity index (χ2n) is 4.73. The second kappa shape index (κ2) is 9.18. The van der Waals surface area contributed by atoms with E-state index in [1.54, 1.807) is 13.8 Å². The van der Waals surface area contributed by atoms with E-state index in [2.05, 4.69) is 10.6 Å². The lowest BCUT2D eigenvalue weighted by Crippen LogP contribution is -2.51. The van der Waals surface area contributed by atoms with E-state index in [0.717, 1.165) is 6.42 Å².